The molecule has 2 rings (SSSR count). The van der Waals surface area contributed by atoms with Crippen LogP contribution in [0.3, 0.4) is 0 Å². The van der Waals surface area contributed by atoms with Gasteiger partial charge in [0.2, 0.25) is 12.2 Å². The largest absolute Gasteiger partial charge is 0.393 e. The van der Waals surface area contributed by atoms with Crippen molar-refractivity contribution in [2.75, 3.05) is 6.54 Å². The van der Waals surface area contributed by atoms with E-state index in [1.54, 1.807) is 31.2 Å². The van der Waals surface area contributed by atoms with Gasteiger partial charge in [-0.3, -0.25) is 4.79 Å². The van der Waals surface area contributed by atoms with Crippen LogP contribution in [0.1, 0.15) is 37.6 Å². The first-order chi connectivity index (χ1) is 10.4. The lowest BCUT2D eigenvalue weighted by molar-refractivity contribution is 0.0902. The predicted molar refractivity (Wildman–Crippen MR) is 82.1 cm³/mol. The van der Waals surface area contributed by atoms with Crippen molar-refractivity contribution in [3.8, 4) is 11.4 Å². The number of benzene rings is 1. The zero-order valence-corrected chi connectivity index (χ0v) is 13.0. The molecule has 22 heavy (non-hydrogen) atoms. The summed E-state index contributed by atoms with van der Waals surface area (Å²) < 4.78 is 4.69. The number of nitrogens with zero attached hydrogens (tertiary/aromatic N) is 2. The lowest BCUT2D eigenvalue weighted by Crippen LogP contribution is -2.35. The van der Waals surface area contributed by atoms with Crippen molar-refractivity contribution >= 4 is 5.91 Å². The Balaban J connectivity index is 1.96. The third-order valence-electron chi connectivity index (χ3n) is 3.34. The highest BCUT2D eigenvalue weighted by molar-refractivity contribution is 5.94. The van der Waals surface area contributed by atoms with Gasteiger partial charge < -0.3 is 14.9 Å². The molecular formula is C16H21N3O3. The topological polar surface area (TPSA) is 88.2 Å². The number of rotatable bonds is 6. The van der Waals surface area contributed by atoms with Gasteiger partial charge in [-0.1, -0.05) is 31.1 Å². The number of aromatic nitrogens is 2. The maximum absolute atomic E-state index is 12.2. The summed E-state index contributed by atoms with van der Waals surface area (Å²) in [5.74, 6) is 0.350. The van der Waals surface area contributed by atoms with Crippen LogP contribution in [0.2, 0.25) is 0 Å². The van der Waals surface area contributed by atoms with Crippen LogP contribution in [-0.4, -0.2) is 33.8 Å². The van der Waals surface area contributed by atoms with Crippen LogP contribution < -0.4 is 5.32 Å². The minimum atomic E-state index is -0.388. The molecule has 2 aromatic rings. The third kappa shape index (κ3) is 4.39. The number of hydrogen-bond donors (Lipinski definition) is 2. The molecule has 0 aliphatic heterocycles. The van der Waals surface area contributed by atoms with Gasteiger partial charge in [0.15, 0.2) is 0 Å². The Morgan fingerprint density at radius 3 is 2.59 bits per heavy atom. The fraction of sp³-hybridized carbons (Fsp3) is 0.438. The first kappa shape index (κ1) is 16.2. The van der Waals surface area contributed by atoms with Crippen LogP contribution in [0, 0.1) is 5.41 Å². The Morgan fingerprint density at radius 1 is 1.36 bits per heavy atom. The van der Waals surface area contributed by atoms with E-state index in [4.69, 9.17) is 4.52 Å². The number of aliphatic hydroxyl groups excluding tert-OH is 1. The van der Waals surface area contributed by atoms with E-state index in [1.165, 1.54) is 6.39 Å². The summed E-state index contributed by atoms with van der Waals surface area (Å²) in [4.78, 5) is 16.1. The van der Waals surface area contributed by atoms with Gasteiger partial charge in [-0.2, -0.15) is 4.98 Å². The van der Waals surface area contributed by atoms with Gasteiger partial charge in [0.05, 0.1) is 6.10 Å². The van der Waals surface area contributed by atoms with E-state index in [2.05, 4.69) is 15.5 Å². The summed E-state index contributed by atoms with van der Waals surface area (Å²) in [7, 11) is 0. The smallest absolute Gasteiger partial charge is 0.251 e. The zero-order chi connectivity index (χ0) is 16.2. The molecular weight excluding hydrogens is 282 g/mol. The zero-order valence-electron chi connectivity index (χ0n) is 13.0. The van der Waals surface area contributed by atoms with Crippen LogP contribution in [0.4, 0.5) is 0 Å². The fourth-order valence-electron chi connectivity index (χ4n) is 2.36. The molecule has 0 bridgehead atoms. The van der Waals surface area contributed by atoms with Crippen LogP contribution in [0.25, 0.3) is 11.4 Å². The van der Waals surface area contributed by atoms with Gasteiger partial charge in [-0.05, 0) is 30.9 Å². The summed E-state index contributed by atoms with van der Waals surface area (Å²) in [6.07, 6.45) is 1.51. The second-order valence-electron chi connectivity index (χ2n) is 6.23. The number of nitrogens with one attached hydrogen (secondary N) is 1. The van der Waals surface area contributed by atoms with Gasteiger partial charge in [-0.25, -0.2) is 0 Å². The molecule has 1 amide bonds. The van der Waals surface area contributed by atoms with Gasteiger partial charge in [0, 0.05) is 17.7 Å². The minimum Gasteiger partial charge on any atom is -0.393 e. The molecule has 1 heterocycles. The number of carbonyl (C=O) groups excluding carboxylic acids is 1. The average Bonchev–Trinajstić information content (AvgIpc) is 2.98. The molecule has 0 saturated heterocycles. The average molecular weight is 303 g/mol. The first-order valence-corrected chi connectivity index (χ1v) is 7.20. The van der Waals surface area contributed by atoms with E-state index >= 15 is 0 Å². The summed E-state index contributed by atoms with van der Waals surface area (Å²) in [6, 6.07) is 7.01. The molecule has 0 fully saturated rings. The van der Waals surface area contributed by atoms with Crippen molar-refractivity contribution in [2.24, 2.45) is 5.41 Å². The molecule has 1 aromatic heterocycles. The quantitative estimate of drug-likeness (QED) is 0.854. The Labute approximate surface area is 129 Å². The SMILES string of the molecule is CC(O)CC(C)(C)CNC(=O)c1ccc(-c2ncon2)cc1. The molecule has 0 radical (unpaired) electrons. The maximum Gasteiger partial charge on any atom is 0.251 e. The Kier molecular flexibility index (Phi) is 4.92. The van der Waals surface area contributed by atoms with Crippen LogP contribution in [-0.2, 0) is 0 Å². The molecule has 6 nitrogen and oxygen atoms in total. The van der Waals surface area contributed by atoms with Gasteiger partial charge in [-0.15, -0.1) is 0 Å². The number of hydrogen-bond acceptors (Lipinski definition) is 5. The minimum absolute atomic E-state index is 0.140. The van der Waals surface area contributed by atoms with Gasteiger partial charge in [0.1, 0.15) is 0 Å². The standard InChI is InChI=1S/C16H21N3O3/c1-11(20)8-16(2,3)9-17-15(21)13-6-4-12(5-7-13)14-18-10-22-19-14/h4-7,10-11,20H,8-9H2,1-3H3,(H,17,21). The highest BCUT2D eigenvalue weighted by Gasteiger charge is 2.21. The summed E-state index contributed by atoms with van der Waals surface area (Å²) in [5.41, 5.74) is 1.20. The lowest BCUT2D eigenvalue weighted by Gasteiger charge is -2.26. The molecule has 2 N–H and O–H groups in total. The van der Waals surface area contributed by atoms with Crippen LogP contribution in [0.5, 0.6) is 0 Å². The Bertz CT molecular complexity index is 604. The van der Waals surface area contributed by atoms with E-state index in [0.717, 1.165) is 5.56 Å². The van der Waals surface area contributed by atoms with Crippen molar-refractivity contribution in [1.82, 2.24) is 15.5 Å². The van der Waals surface area contributed by atoms with Crippen molar-refractivity contribution < 1.29 is 14.4 Å². The van der Waals surface area contributed by atoms with E-state index in [0.29, 0.717) is 24.4 Å². The summed E-state index contributed by atoms with van der Waals surface area (Å²) >= 11 is 0. The Morgan fingerprint density at radius 2 is 2.05 bits per heavy atom. The van der Waals surface area contributed by atoms with Crippen molar-refractivity contribution in [3.05, 3.63) is 36.2 Å². The molecule has 0 spiro atoms. The van der Waals surface area contributed by atoms with Crippen molar-refractivity contribution in [1.29, 1.82) is 0 Å². The van der Waals surface area contributed by atoms with Crippen molar-refractivity contribution in [3.63, 3.8) is 0 Å². The summed E-state index contributed by atoms with van der Waals surface area (Å²) in [6.45, 7) is 6.28. The lowest BCUT2D eigenvalue weighted by atomic mass is 9.87. The molecule has 118 valence electrons. The highest BCUT2D eigenvalue weighted by atomic mass is 16.5. The van der Waals surface area contributed by atoms with Gasteiger partial charge >= 0.3 is 0 Å². The second kappa shape index (κ2) is 6.70. The number of aliphatic hydroxyl groups is 1. The maximum atomic E-state index is 12.2. The van der Waals surface area contributed by atoms with E-state index in [1.807, 2.05) is 13.8 Å². The normalized spacial score (nSPS) is 12.9. The molecule has 1 aromatic carbocycles. The van der Waals surface area contributed by atoms with Crippen LogP contribution in [0.15, 0.2) is 35.2 Å². The number of amides is 1. The monoisotopic (exact) mass is 303 g/mol. The Hall–Kier alpha value is -2.21. The molecule has 6 heteroatoms. The molecule has 0 aliphatic carbocycles. The molecule has 0 aliphatic rings. The van der Waals surface area contributed by atoms with Gasteiger partial charge in [0.25, 0.3) is 5.91 Å². The fourth-order valence-corrected chi connectivity index (χ4v) is 2.36. The number of carbonyl (C=O) groups is 1. The summed E-state index contributed by atoms with van der Waals surface area (Å²) in [5, 5.41) is 16.1. The van der Waals surface area contributed by atoms with E-state index in [-0.39, 0.29) is 17.4 Å². The molecule has 1 atom stereocenters. The second-order valence-corrected chi connectivity index (χ2v) is 6.23. The highest BCUT2D eigenvalue weighted by Crippen LogP contribution is 2.21. The van der Waals surface area contributed by atoms with E-state index in [9.17, 15) is 9.90 Å². The first-order valence-electron chi connectivity index (χ1n) is 7.20. The third-order valence-corrected chi connectivity index (χ3v) is 3.34. The molecule has 1 unspecified atom stereocenters. The van der Waals surface area contributed by atoms with E-state index < -0.39 is 0 Å². The molecule has 0 saturated carbocycles. The predicted octanol–water partition coefficient (Wildman–Crippen LogP) is 2.26. The van der Waals surface area contributed by atoms with Crippen LogP contribution >= 0.6 is 0 Å². The van der Waals surface area contributed by atoms with Crippen molar-refractivity contribution in [2.45, 2.75) is 33.3 Å².